The molecule has 114 valence electrons. The summed E-state index contributed by atoms with van der Waals surface area (Å²) < 4.78 is 52.1. The molecule has 0 saturated carbocycles. The number of aliphatic hydroxyl groups is 1. The van der Waals surface area contributed by atoms with Crippen LogP contribution in [-0.2, 0) is 21.5 Å². The molecule has 0 aliphatic carbocycles. The van der Waals surface area contributed by atoms with Gasteiger partial charge in [-0.25, -0.2) is 0 Å². The van der Waals surface area contributed by atoms with Gasteiger partial charge < -0.3 is 19.1 Å². The first-order valence-corrected chi connectivity index (χ1v) is 6.08. The second-order valence-corrected chi connectivity index (χ2v) is 4.58. The van der Waals surface area contributed by atoms with Crippen LogP contribution in [0.15, 0.2) is 4.52 Å². The molecule has 0 amide bonds. The molecule has 1 N–H and O–H groups in total. The summed E-state index contributed by atoms with van der Waals surface area (Å²) in [4.78, 5) is 3.91. The van der Waals surface area contributed by atoms with Gasteiger partial charge in [0.05, 0.1) is 6.42 Å². The van der Waals surface area contributed by atoms with Crippen molar-refractivity contribution >= 4 is 0 Å². The summed E-state index contributed by atoms with van der Waals surface area (Å²) in [6, 6.07) is 0. The van der Waals surface area contributed by atoms with E-state index in [9.17, 15) is 13.2 Å². The van der Waals surface area contributed by atoms with E-state index in [1.165, 1.54) is 7.11 Å². The molecule has 6 nitrogen and oxygen atoms in total. The first-order valence-electron chi connectivity index (χ1n) is 6.08. The quantitative estimate of drug-likeness (QED) is 0.899. The van der Waals surface area contributed by atoms with Gasteiger partial charge in [0, 0.05) is 33.2 Å². The smallest absolute Gasteiger partial charge is 0.383 e. The summed E-state index contributed by atoms with van der Waals surface area (Å²) in [6.45, 7) is 0.895. The van der Waals surface area contributed by atoms with Crippen molar-refractivity contribution in [1.82, 2.24) is 10.1 Å². The van der Waals surface area contributed by atoms with Crippen molar-refractivity contribution in [2.75, 3.05) is 20.3 Å². The van der Waals surface area contributed by atoms with E-state index < -0.39 is 24.3 Å². The average molecular weight is 296 g/mol. The van der Waals surface area contributed by atoms with E-state index >= 15 is 0 Å². The molecule has 0 radical (unpaired) electrons. The molecular weight excluding hydrogens is 281 g/mol. The van der Waals surface area contributed by atoms with Crippen molar-refractivity contribution < 1.29 is 32.3 Å². The maximum atomic E-state index is 12.3. The van der Waals surface area contributed by atoms with E-state index in [0.29, 0.717) is 26.1 Å². The standard InChI is InChI=1S/C11H15F3N2O4/c1-18-10(2-4-19-5-3-10)9-15-8(20-16-9)6-7(17)11(12,13)14/h7,17H,2-6H2,1H3. The summed E-state index contributed by atoms with van der Waals surface area (Å²) in [5, 5.41) is 12.6. The number of halogens is 3. The second kappa shape index (κ2) is 5.66. The van der Waals surface area contributed by atoms with E-state index in [2.05, 4.69) is 10.1 Å². The van der Waals surface area contributed by atoms with Crippen LogP contribution in [-0.4, -0.2) is 47.9 Å². The van der Waals surface area contributed by atoms with Gasteiger partial charge in [0.15, 0.2) is 6.10 Å². The summed E-state index contributed by atoms with van der Waals surface area (Å²) in [7, 11) is 1.48. The van der Waals surface area contributed by atoms with E-state index in [4.69, 9.17) is 19.1 Å². The molecule has 1 aromatic heterocycles. The number of alkyl halides is 3. The lowest BCUT2D eigenvalue weighted by atomic mass is 9.93. The molecule has 20 heavy (non-hydrogen) atoms. The number of rotatable bonds is 4. The van der Waals surface area contributed by atoms with Gasteiger partial charge >= 0.3 is 6.18 Å². The van der Waals surface area contributed by atoms with Crippen LogP contribution in [0.3, 0.4) is 0 Å². The Morgan fingerprint density at radius 2 is 2.05 bits per heavy atom. The summed E-state index contributed by atoms with van der Waals surface area (Å²) in [5.41, 5.74) is -0.802. The molecule has 1 aliphatic heterocycles. The van der Waals surface area contributed by atoms with Crippen LogP contribution in [0.4, 0.5) is 13.2 Å². The SMILES string of the molecule is COC1(c2noc(CC(O)C(F)(F)F)n2)CCOCC1. The Morgan fingerprint density at radius 1 is 1.40 bits per heavy atom. The number of hydrogen-bond acceptors (Lipinski definition) is 6. The van der Waals surface area contributed by atoms with Crippen LogP contribution in [0.25, 0.3) is 0 Å². The highest BCUT2D eigenvalue weighted by molar-refractivity contribution is 5.03. The lowest BCUT2D eigenvalue weighted by molar-refractivity contribution is -0.204. The molecule has 0 bridgehead atoms. The Bertz CT molecular complexity index is 443. The van der Waals surface area contributed by atoms with E-state index in [-0.39, 0.29) is 11.7 Å². The largest absolute Gasteiger partial charge is 0.414 e. The van der Waals surface area contributed by atoms with Crippen molar-refractivity contribution in [1.29, 1.82) is 0 Å². The molecule has 0 aromatic carbocycles. The van der Waals surface area contributed by atoms with Gasteiger partial charge in [-0.15, -0.1) is 0 Å². The van der Waals surface area contributed by atoms with E-state index in [1.54, 1.807) is 0 Å². The summed E-state index contributed by atoms with van der Waals surface area (Å²) in [6.07, 6.45) is -7.03. The Labute approximate surface area is 112 Å². The van der Waals surface area contributed by atoms with Gasteiger partial charge in [-0.05, 0) is 0 Å². The minimum Gasteiger partial charge on any atom is -0.383 e. The monoisotopic (exact) mass is 296 g/mol. The predicted octanol–water partition coefficient (Wildman–Crippen LogP) is 1.19. The molecule has 0 spiro atoms. The highest BCUT2D eigenvalue weighted by Crippen LogP contribution is 2.33. The molecule has 9 heteroatoms. The van der Waals surface area contributed by atoms with Gasteiger partial charge in [0.1, 0.15) is 5.60 Å². The van der Waals surface area contributed by atoms with Crippen LogP contribution in [0.5, 0.6) is 0 Å². The normalized spacial score (nSPS) is 20.9. The van der Waals surface area contributed by atoms with Crippen LogP contribution in [0.1, 0.15) is 24.6 Å². The van der Waals surface area contributed by atoms with Crippen molar-refractivity contribution in [3.63, 3.8) is 0 Å². The highest BCUT2D eigenvalue weighted by atomic mass is 19.4. The molecule has 1 unspecified atom stereocenters. The Hall–Kier alpha value is -1.19. The third kappa shape index (κ3) is 3.10. The predicted molar refractivity (Wildman–Crippen MR) is 58.8 cm³/mol. The summed E-state index contributed by atoms with van der Waals surface area (Å²) >= 11 is 0. The fourth-order valence-corrected chi connectivity index (χ4v) is 2.02. The Kier molecular flexibility index (Phi) is 4.31. The van der Waals surface area contributed by atoms with Crippen molar-refractivity contribution in [2.45, 2.75) is 37.1 Å². The number of aromatic nitrogens is 2. The topological polar surface area (TPSA) is 77.6 Å². The fraction of sp³-hybridized carbons (Fsp3) is 0.818. The molecule has 1 fully saturated rings. The third-order valence-corrected chi connectivity index (χ3v) is 3.31. The van der Waals surface area contributed by atoms with Gasteiger partial charge in [0.25, 0.3) is 0 Å². The molecule has 2 heterocycles. The molecule has 2 rings (SSSR count). The van der Waals surface area contributed by atoms with Crippen molar-refractivity contribution in [2.24, 2.45) is 0 Å². The maximum absolute atomic E-state index is 12.3. The van der Waals surface area contributed by atoms with Gasteiger partial charge in [-0.1, -0.05) is 5.16 Å². The number of nitrogens with zero attached hydrogens (tertiary/aromatic N) is 2. The second-order valence-electron chi connectivity index (χ2n) is 4.58. The minimum atomic E-state index is -4.72. The lowest BCUT2D eigenvalue weighted by Gasteiger charge is -2.32. The van der Waals surface area contributed by atoms with Crippen LogP contribution < -0.4 is 0 Å². The minimum absolute atomic E-state index is 0.188. The number of ether oxygens (including phenoxy) is 2. The average Bonchev–Trinajstić information content (AvgIpc) is 2.87. The molecule has 1 aromatic rings. The third-order valence-electron chi connectivity index (χ3n) is 3.31. The zero-order valence-corrected chi connectivity index (χ0v) is 10.8. The zero-order chi connectivity index (χ0) is 14.8. The van der Waals surface area contributed by atoms with Gasteiger partial charge in [0.2, 0.25) is 11.7 Å². The highest BCUT2D eigenvalue weighted by Gasteiger charge is 2.42. The van der Waals surface area contributed by atoms with Crippen molar-refractivity contribution in [3.05, 3.63) is 11.7 Å². The molecule has 1 saturated heterocycles. The molecule has 1 atom stereocenters. The Balaban J connectivity index is 2.11. The van der Waals surface area contributed by atoms with Crippen molar-refractivity contribution in [3.8, 4) is 0 Å². The molecular formula is C11H15F3N2O4. The first-order chi connectivity index (χ1) is 9.37. The summed E-state index contributed by atoms with van der Waals surface area (Å²) in [5.74, 6) is -0.0829. The van der Waals surface area contributed by atoms with Gasteiger partial charge in [-0.2, -0.15) is 18.2 Å². The molecule has 1 aliphatic rings. The number of methoxy groups -OCH3 is 1. The zero-order valence-electron chi connectivity index (χ0n) is 10.8. The fourth-order valence-electron chi connectivity index (χ4n) is 2.02. The number of aliphatic hydroxyl groups excluding tert-OH is 1. The van der Waals surface area contributed by atoms with E-state index in [0.717, 1.165) is 0 Å². The maximum Gasteiger partial charge on any atom is 0.414 e. The Morgan fingerprint density at radius 3 is 2.60 bits per heavy atom. The van der Waals surface area contributed by atoms with E-state index in [1.807, 2.05) is 0 Å². The van der Waals surface area contributed by atoms with Crippen LogP contribution >= 0.6 is 0 Å². The number of hydrogen-bond donors (Lipinski definition) is 1. The first kappa shape index (κ1) is 15.2. The van der Waals surface area contributed by atoms with Crippen LogP contribution in [0.2, 0.25) is 0 Å². The lowest BCUT2D eigenvalue weighted by Crippen LogP contribution is -2.36. The van der Waals surface area contributed by atoms with Gasteiger partial charge in [-0.3, -0.25) is 0 Å². The van der Waals surface area contributed by atoms with Crippen LogP contribution in [0, 0.1) is 0 Å².